The highest BCUT2D eigenvalue weighted by molar-refractivity contribution is 14.0. The second-order valence-electron chi connectivity index (χ2n) is 8.33. The highest BCUT2D eigenvalue weighted by atomic mass is 127. The van der Waals surface area contributed by atoms with Crippen molar-refractivity contribution in [2.24, 2.45) is 4.99 Å². The molecule has 0 saturated heterocycles. The number of nitrogens with zero attached hydrogens (tertiary/aromatic N) is 3. The third-order valence-electron chi connectivity index (χ3n) is 6.02. The van der Waals surface area contributed by atoms with Crippen molar-refractivity contribution >= 4 is 29.9 Å². The Labute approximate surface area is 185 Å². The van der Waals surface area contributed by atoms with E-state index in [4.69, 9.17) is 5.10 Å². The van der Waals surface area contributed by atoms with E-state index in [1.54, 1.807) is 0 Å². The van der Waals surface area contributed by atoms with E-state index in [1.165, 1.54) is 29.7 Å². The minimum absolute atomic E-state index is 0. The van der Waals surface area contributed by atoms with E-state index in [9.17, 15) is 0 Å². The zero-order valence-electron chi connectivity index (χ0n) is 17.1. The van der Waals surface area contributed by atoms with Crippen molar-refractivity contribution in [1.29, 1.82) is 0 Å². The molecule has 1 fully saturated rings. The second-order valence-corrected chi connectivity index (χ2v) is 8.33. The zero-order chi connectivity index (χ0) is 18.9. The number of aromatic nitrogens is 2. The van der Waals surface area contributed by atoms with E-state index >= 15 is 0 Å². The Bertz CT molecular complexity index is 808. The fraction of sp³-hybridized carbons (Fsp3) is 0.545. The summed E-state index contributed by atoms with van der Waals surface area (Å²) < 4.78 is 2.09. The number of halogens is 1. The van der Waals surface area contributed by atoms with Crippen LogP contribution in [0.15, 0.2) is 41.5 Å². The largest absolute Gasteiger partial charge is 0.356 e. The Balaban J connectivity index is 0.00000225. The lowest BCUT2D eigenvalue weighted by molar-refractivity contribution is 0.497. The SMILES string of the molecule is CN=C(NCC1(c2ccccc2)CC1)NC1CCc2cn(C(C)C)nc2C1.I. The van der Waals surface area contributed by atoms with Crippen LogP contribution in [0.4, 0.5) is 0 Å². The highest BCUT2D eigenvalue weighted by Crippen LogP contribution is 2.47. The summed E-state index contributed by atoms with van der Waals surface area (Å²) in [6.07, 6.45) is 7.91. The molecule has 0 amide bonds. The van der Waals surface area contributed by atoms with E-state index in [0.717, 1.165) is 31.8 Å². The van der Waals surface area contributed by atoms with E-state index in [0.29, 0.717) is 12.1 Å². The van der Waals surface area contributed by atoms with Gasteiger partial charge in [-0.25, -0.2) is 0 Å². The number of benzene rings is 1. The third-order valence-corrected chi connectivity index (χ3v) is 6.02. The lowest BCUT2D eigenvalue weighted by Gasteiger charge is -2.26. The van der Waals surface area contributed by atoms with Crippen LogP contribution in [0.25, 0.3) is 0 Å². The number of hydrogen-bond donors (Lipinski definition) is 2. The third kappa shape index (κ3) is 4.53. The number of hydrogen-bond acceptors (Lipinski definition) is 2. The molecule has 0 spiro atoms. The van der Waals surface area contributed by atoms with Gasteiger partial charge in [-0.1, -0.05) is 30.3 Å². The number of rotatable bonds is 5. The van der Waals surface area contributed by atoms with Crippen LogP contribution in [0.3, 0.4) is 0 Å². The molecule has 5 nitrogen and oxygen atoms in total. The van der Waals surface area contributed by atoms with Crippen LogP contribution in [0.2, 0.25) is 0 Å². The smallest absolute Gasteiger partial charge is 0.191 e. The van der Waals surface area contributed by atoms with Gasteiger partial charge in [-0.2, -0.15) is 5.10 Å². The Morgan fingerprint density at radius 2 is 2.04 bits per heavy atom. The Morgan fingerprint density at radius 1 is 1.29 bits per heavy atom. The first-order valence-corrected chi connectivity index (χ1v) is 10.2. The molecule has 1 heterocycles. The minimum atomic E-state index is 0. The monoisotopic (exact) mass is 493 g/mol. The zero-order valence-corrected chi connectivity index (χ0v) is 19.4. The summed E-state index contributed by atoms with van der Waals surface area (Å²) in [6.45, 7) is 5.30. The van der Waals surface area contributed by atoms with Gasteiger partial charge < -0.3 is 10.6 Å². The maximum atomic E-state index is 4.78. The van der Waals surface area contributed by atoms with E-state index in [-0.39, 0.29) is 29.4 Å². The molecule has 2 aliphatic rings. The van der Waals surface area contributed by atoms with Gasteiger partial charge in [0.25, 0.3) is 0 Å². The van der Waals surface area contributed by atoms with Crippen molar-refractivity contribution in [3.63, 3.8) is 0 Å². The summed E-state index contributed by atoms with van der Waals surface area (Å²) in [5.74, 6) is 0.911. The molecule has 1 aromatic heterocycles. The Kier molecular flexibility index (Phi) is 6.68. The average Bonchev–Trinajstić information content (AvgIpc) is 3.36. The summed E-state index contributed by atoms with van der Waals surface area (Å²) in [5.41, 5.74) is 4.38. The lowest BCUT2D eigenvalue weighted by atomic mass is 9.94. The molecule has 1 unspecified atom stereocenters. The molecule has 1 aromatic carbocycles. The molecule has 28 heavy (non-hydrogen) atoms. The van der Waals surface area contributed by atoms with Crippen LogP contribution >= 0.6 is 24.0 Å². The molecule has 0 aliphatic heterocycles. The molecule has 4 rings (SSSR count). The molecule has 2 N–H and O–H groups in total. The molecule has 0 bridgehead atoms. The first-order chi connectivity index (χ1) is 13.1. The van der Waals surface area contributed by atoms with E-state index in [2.05, 4.69) is 70.7 Å². The van der Waals surface area contributed by atoms with Gasteiger partial charge in [-0.05, 0) is 50.7 Å². The molecule has 2 aromatic rings. The van der Waals surface area contributed by atoms with Crippen LogP contribution in [-0.4, -0.2) is 35.4 Å². The molecule has 0 radical (unpaired) electrons. The normalized spacial score (nSPS) is 20.3. The minimum Gasteiger partial charge on any atom is -0.356 e. The number of fused-ring (bicyclic) bond motifs is 1. The first kappa shape index (κ1) is 21.1. The number of aryl methyl sites for hydroxylation is 1. The van der Waals surface area contributed by atoms with Gasteiger partial charge in [-0.15, -0.1) is 24.0 Å². The van der Waals surface area contributed by atoms with Crippen molar-refractivity contribution in [1.82, 2.24) is 20.4 Å². The number of aliphatic imine (C=N–C) groups is 1. The fourth-order valence-corrected chi connectivity index (χ4v) is 4.05. The van der Waals surface area contributed by atoms with Crippen LogP contribution in [0.5, 0.6) is 0 Å². The van der Waals surface area contributed by atoms with Gasteiger partial charge >= 0.3 is 0 Å². The summed E-state index contributed by atoms with van der Waals surface area (Å²) >= 11 is 0. The molecular formula is C22H32IN5. The molecule has 152 valence electrons. The highest BCUT2D eigenvalue weighted by Gasteiger charge is 2.44. The number of nitrogens with one attached hydrogen (secondary N) is 2. The van der Waals surface area contributed by atoms with Crippen molar-refractivity contribution in [3.8, 4) is 0 Å². The predicted molar refractivity (Wildman–Crippen MR) is 126 cm³/mol. The van der Waals surface area contributed by atoms with E-state index in [1.807, 2.05) is 7.05 Å². The van der Waals surface area contributed by atoms with Crippen molar-refractivity contribution in [3.05, 3.63) is 53.3 Å². The number of guanidine groups is 1. The average molecular weight is 493 g/mol. The first-order valence-electron chi connectivity index (χ1n) is 10.2. The van der Waals surface area contributed by atoms with Crippen LogP contribution in [0, 0.1) is 0 Å². The van der Waals surface area contributed by atoms with Gasteiger partial charge in [0.2, 0.25) is 0 Å². The van der Waals surface area contributed by atoms with Gasteiger partial charge in [-0.3, -0.25) is 9.67 Å². The maximum Gasteiger partial charge on any atom is 0.191 e. The quantitative estimate of drug-likeness (QED) is 0.378. The summed E-state index contributed by atoms with van der Waals surface area (Å²) in [4.78, 5) is 4.46. The van der Waals surface area contributed by atoms with Crippen molar-refractivity contribution in [2.45, 2.75) is 63.5 Å². The molecule has 1 atom stereocenters. The van der Waals surface area contributed by atoms with Crippen LogP contribution in [0.1, 0.15) is 56.0 Å². The molecule has 1 saturated carbocycles. The standard InChI is InChI=1S/C22H31N5.HI/c1-16(2)27-14-17-9-10-19(13-20(17)26-27)25-21(23-3)24-15-22(11-12-22)18-7-5-4-6-8-18;/h4-8,14,16,19H,9-13,15H2,1-3H3,(H2,23,24,25);1H. The predicted octanol–water partition coefficient (Wildman–Crippen LogP) is 3.84. The molecule has 6 heteroatoms. The Hall–Kier alpha value is -1.57. The topological polar surface area (TPSA) is 54.2 Å². The molecular weight excluding hydrogens is 461 g/mol. The second kappa shape index (κ2) is 8.84. The van der Waals surface area contributed by atoms with Crippen molar-refractivity contribution in [2.75, 3.05) is 13.6 Å². The fourth-order valence-electron chi connectivity index (χ4n) is 4.05. The van der Waals surface area contributed by atoms with Gasteiger partial charge in [0.15, 0.2) is 5.96 Å². The summed E-state index contributed by atoms with van der Waals surface area (Å²) in [6, 6.07) is 11.7. The van der Waals surface area contributed by atoms with Gasteiger partial charge in [0.1, 0.15) is 0 Å². The summed E-state index contributed by atoms with van der Waals surface area (Å²) in [5, 5.41) is 12.0. The van der Waals surface area contributed by atoms with Crippen LogP contribution < -0.4 is 10.6 Å². The Morgan fingerprint density at radius 3 is 2.68 bits per heavy atom. The maximum absolute atomic E-state index is 4.78. The van der Waals surface area contributed by atoms with E-state index < -0.39 is 0 Å². The van der Waals surface area contributed by atoms with Crippen molar-refractivity contribution < 1.29 is 0 Å². The van der Waals surface area contributed by atoms with Gasteiger partial charge in [0.05, 0.1) is 5.69 Å². The summed E-state index contributed by atoms with van der Waals surface area (Å²) in [7, 11) is 1.86. The van der Waals surface area contributed by atoms with Gasteiger partial charge in [0, 0.05) is 43.7 Å². The lowest BCUT2D eigenvalue weighted by Crippen LogP contribution is -2.47. The molecule has 2 aliphatic carbocycles. The van der Waals surface area contributed by atoms with Crippen LogP contribution in [-0.2, 0) is 18.3 Å².